The van der Waals surface area contributed by atoms with Crippen LogP contribution in [0.3, 0.4) is 0 Å². The number of benzene rings is 1. The van der Waals surface area contributed by atoms with Gasteiger partial charge in [-0.05, 0) is 38.6 Å². The summed E-state index contributed by atoms with van der Waals surface area (Å²) in [6.07, 6.45) is 0.0350. The minimum atomic E-state index is -1.04. The van der Waals surface area contributed by atoms with Crippen molar-refractivity contribution in [3.63, 3.8) is 0 Å². The first kappa shape index (κ1) is 17.0. The molecule has 0 heterocycles. The highest BCUT2D eigenvalue weighted by atomic mass is 19.1. The Morgan fingerprint density at radius 1 is 1.35 bits per heavy atom. The molecule has 2 unspecified atom stereocenters. The van der Waals surface area contributed by atoms with Crippen molar-refractivity contribution in [3.8, 4) is 0 Å². The summed E-state index contributed by atoms with van der Waals surface area (Å²) in [7, 11) is 2.04. The van der Waals surface area contributed by atoms with Gasteiger partial charge in [0.25, 0.3) is 0 Å². The van der Waals surface area contributed by atoms with Gasteiger partial charge in [0.2, 0.25) is 0 Å². The van der Waals surface area contributed by atoms with Crippen LogP contribution in [-0.4, -0.2) is 42.7 Å². The molecule has 3 nitrogen and oxygen atoms in total. The third-order valence-electron chi connectivity index (χ3n) is 3.64. The molecule has 0 aliphatic rings. The molecule has 1 aromatic rings. The van der Waals surface area contributed by atoms with Gasteiger partial charge in [0.1, 0.15) is 11.6 Å². The van der Waals surface area contributed by atoms with E-state index in [1.165, 1.54) is 0 Å². The molecular formula is C15H24F2N2O. The fourth-order valence-corrected chi connectivity index (χ4v) is 1.91. The number of hydrogen-bond donors (Lipinski definition) is 2. The maximum absolute atomic E-state index is 13.4. The molecule has 2 N–H and O–H groups in total. The van der Waals surface area contributed by atoms with Crippen LogP contribution in [0.25, 0.3) is 0 Å². The third kappa shape index (κ3) is 5.15. The number of halogens is 2. The highest BCUT2D eigenvalue weighted by Gasteiger charge is 2.13. The van der Waals surface area contributed by atoms with Crippen molar-refractivity contribution >= 4 is 0 Å². The molecule has 5 heteroatoms. The molecule has 0 aliphatic heterocycles. The van der Waals surface area contributed by atoms with Crippen LogP contribution in [0.4, 0.5) is 8.78 Å². The average Bonchev–Trinajstić information content (AvgIpc) is 2.44. The van der Waals surface area contributed by atoms with E-state index in [0.29, 0.717) is 12.6 Å². The van der Waals surface area contributed by atoms with Gasteiger partial charge in [-0.1, -0.05) is 6.92 Å². The van der Waals surface area contributed by atoms with Gasteiger partial charge in [0, 0.05) is 31.2 Å². The van der Waals surface area contributed by atoms with Crippen LogP contribution in [0, 0.1) is 11.6 Å². The summed E-state index contributed by atoms with van der Waals surface area (Å²) >= 11 is 0. The maximum Gasteiger partial charge on any atom is 0.129 e. The molecular weight excluding hydrogens is 262 g/mol. The van der Waals surface area contributed by atoms with E-state index < -0.39 is 17.7 Å². The molecule has 1 rings (SSSR count). The SMILES string of the molecule is CCC(C)N(C)CCNCC(O)c1cc(F)ccc1F. The smallest absolute Gasteiger partial charge is 0.129 e. The van der Waals surface area contributed by atoms with Crippen LogP contribution >= 0.6 is 0 Å². The Morgan fingerprint density at radius 2 is 2.05 bits per heavy atom. The van der Waals surface area contributed by atoms with Gasteiger partial charge >= 0.3 is 0 Å². The van der Waals surface area contributed by atoms with E-state index in [9.17, 15) is 13.9 Å². The van der Waals surface area contributed by atoms with E-state index in [1.807, 2.05) is 7.05 Å². The van der Waals surface area contributed by atoms with E-state index in [4.69, 9.17) is 0 Å². The highest BCUT2D eigenvalue weighted by molar-refractivity contribution is 5.21. The van der Waals surface area contributed by atoms with Gasteiger partial charge in [-0.15, -0.1) is 0 Å². The Bertz CT molecular complexity index is 415. The first-order valence-electron chi connectivity index (χ1n) is 6.99. The van der Waals surface area contributed by atoms with Crippen LogP contribution in [0.1, 0.15) is 31.9 Å². The monoisotopic (exact) mass is 286 g/mol. The number of aliphatic hydroxyl groups excluding tert-OH is 1. The second-order valence-electron chi connectivity index (χ2n) is 5.12. The molecule has 2 atom stereocenters. The number of rotatable bonds is 8. The predicted octanol–water partition coefficient (Wildman–Crippen LogP) is 2.32. The first-order valence-corrected chi connectivity index (χ1v) is 6.99. The maximum atomic E-state index is 13.4. The zero-order chi connectivity index (χ0) is 15.1. The summed E-state index contributed by atoms with van der Waals surface area (Å²) in [5.41, 5.74) is -0.00668. The Hall–Kier alpha value is -1.04. The zero-order valence-electron chi connectivity index (χ0n) is 12.4. The van der Waals surface area contributed by atoms with Crippen molar-refractivity contribution in [2.45, 2.75) is 32.4 Å². The lowest BCUT2D eigenvalue weighted by atomic mass is 10.1. The fourth-order valence-electron chi connectivity index (χ4n) is 1.91. The Kier molecular flexibility index (Phi) is 7.05. The van der Waals surface area contributed by atoms with Gasteiger partial charge in [0.05, 0.1) is 6.10 Å². The molecule has 114 valence electrons. The lowest BCUT2D eigenvalue weighted by Crippen LogP contribution is -2.36. The summed E-state index contributed by atoms with van der Waals surface area (Å²) in [6.45, 7) is 6.01. The highest BCUT2D eigenvalue weighted by Crippen LogP contribution is 2.17. The van der Waals surface area contributed by atoms with Crippen LogP contribution < -0.4 is 5.32 Å². The summed E-state index contributed by atoms with van der Waals surface area (Å²) < 4.78 is 26.5. The fraction of sp³-hybridized carbons (Fsp3) is 0.600. The average molecular weight is 286 g/mol. The third-order valence-corrected chi connectivity index (χ3v) is 3.64. The molecule has 0 spiro atoms. The summed E-state index contributed by atoms with van der Waals surface area (Å²) in [4.78, 5) is 2.21. The zero-order valence-corrected chi connectivity index (χ0v) is 12.4. The normalized spacial score (nSPS) is 14.6. The van der Waals surface area contributed by atoms with Crippen molar-refractivity contribution in [3.05, 3.63) is 35.4 Å². The number of nitrogens with zero attached hydrogens (tertiary/aromatic N) is 1. The standard InChI is InChI=1S/C15H24F2N2O/c1-4-11(2)19(3)8-7-18-10-15(20)13-9-12(16)5-6-14(13)17/h5-6,9,11,15,18,20H,4,7-8,10H2,1-3H3. The summed E-state index contributed by atoms with van der Waals surface area (Å²) in [5.74, 6) is -1.13. The van der Waals surface area contributed by atoms with Crippen LogP contribution in [0.15, 0.2) is 18.2 Å². The molecule has 0 radical (unpaired) electrons. The van der Waals surface area contributed by atoms with Crippen molar-refractivity contribution in [2.75, 3.05) is 26.7 Å². The summed E-state index contributed by atoms with van der Waals surface area (Å²) in [5, 5.41) is 12.9. The van der Waals surface area contributed by atoms with Crippen LogP contribution in [-0.2, 0) is 0 Å². The molecule has 0 saturated heterocycles. The van der Waals surface area contributed by atoms with Gasteiger partial charge in [0.15, 0.2) is 0 Å². The summed E-state index contributed by atoms with van der Waals surface area (Å²) in [6, 6.07) is 3.61. The Balaban J connectivity index is 2.36. The van der Waals surface area contributed by atoms with E-state index in [0.717, 1.165) is 31.2 Å². The number of likely N-dealkylation sites (N-methyl/N-ethyl adjacent to an activating group) is 1. The molecule has 20 heavy (non-hydrogen) atoms. The molecule has 0 aliphatic carbocycles. The van der Waals surface area contributed by atoms with Crippen LogP contribution in [0.5, 0.6) is 0 Å². The van der Waals surface area contributed by atoms with Crippen molar-refractivity contribution in [1.82, 2.24) is 10.2 Å². The minimum Gasteiger partial charge on any atom is -0.387 e. The quantitative estimate of drug-likeness (QED) is 0.720. The minimum absolute atomic E-state index is 0.00668. The van der Waals surface area contributed by atoms with Crippen molar-refractivity contribution in [2.24, 2.45) is 0 Å². The lowest BCUT2D eigenvalue weighted by Gasteiger charge is -2.23. The first-order chi connectivity index (χ1) is 9.45. The second-order valence-corrected chi connectivity index (χ2v) is 5.12. The predicted molar refractivity (Wildman–Crippen MR) is 76.6 cm³/mol. The lowest BCUT2D eigenvalue weighted by molar-refractivity contribution is 0.166. The van der Waals surface area contributed by atoms with E-state index in [1.54, 1.807) is 0 Å². The molecule has 0 saturated carbocycles. The molecule has 0 aromatic heterocycles. The Labute approximate surface area is 119 Å². The molecule has 0 amide bonds. The van der Waals surface area contributed by atoms with Crippen molar-refractivity contribution in [1.29, 1.82) is 0 Å². The van der Waals surface area contributed by atoms with E-state index in [2.05, 4.69) is 24.1 Å². The topological polar surface area (TPSA) is 35.5 Å². The molecule has 1 aromatic carbocycles. The molecule has 0 bridgehead atoms. The Morgan fingerprint density at radius 3 is 2.70 bits per heavy atom. The van der Waals surface area contributed by atoms with E-state index >= 15 is 0 Å². The number of nitrogens with one attached hydrogen (secondary N) is 1. The van der Waals surface area contributed by atoms with Gasteiger partial charge < -0.3 is 15.3 Å². The second kappa shape index (κ2) is 8.29. The number of hydrogen-bond acceptors (Lipinski definition) is 3. The number of aliphatic hydroxyl groups is 1. The van der Waals surface area contributed by atoms with Crippen molar-refractivity contribution < 1.29 is 13.9 Å². The largest absolute Gasteiger partial charge is 0.387 e. The van der Waals surface area contributed by atoms with E-state index in [-0.39, 0.29) is 12.1 Å². The van der Waals surface area contributed by atoms with Gasteiger partial charge in [-0.25, -0.2) is 8.78 Å². The molecule has 0 fully saturated rings. The van der Waals surface area contributed by atoms with Crippen LogP contribution in [0.2, 0.25) is 0 Å². The van der Waals surface area contributed by atoms with Gasteiger partial charge in [-0.2, -0.15) is 0 Å². The van der Waals surface area contributed by atoms with Gasteiger partial charge in [-0.3, -0.25) is 0 Å².